The zero-order valence-electron chi connectivity index (χ0n) is 10.5. The molecule has 0 saturated heterocycles. The Labute approximate surface area is 102 Å². The number of carbonyl (C=O) groups excluding carboxylic acids is 1. The number of esters is 1. The maximum Gasteiger partial charge on any atom is 0.307 e. The molecule has 0 bridgehead atoms. The Balaban J connectivity index is 2.11. The fourth-order valence-corrected chi connectivity index (χ4v) is 2.39. The maximum atomic E-state index is 10.7. The topological polar surface area (TPSA) is 26.3 Å². The van der Waals surface area contributed by atoms with Crippen LogP contribution in [0.3, 0.4) is 0 Å². The lowest BCUT2D eigenvalue weighted by Gasteiger charge is -2.08. The zero-order valence-corrected chi connectivity index (χ0v) is 10.5. The average Bonchev–Trinajstić information content (AvgIpc) is 2.75. The summed E-state index contributed by atoms with van der Waals surface area (Å²) < 4.78 is 4.89. The van der Waals surface area contributed by atoms with Crippen LogP contribution >= 0.6 is 0 Å². The summed E-state index contributed by atoms with van der Waals surface area (Å²) in [6.45, 7) is 3.42. The number of ether oxygens (including phenoxy) is 1. The van der Waals surface area contributed by atoms with Crippen LogP contribution in [0.25, 0.3) is 0 Å². The molecular formula is C15H18O2. The predicted molar refractivity (Wildman–Crippen MR) is 67.7 cm³/mol. The standard InChI is InChI=1S/C15H18O2/c1-11(10-17-12(2)16)9-14-7-3-5-13-6-4-8-15(13)14/h3,5,7,10H,4,6,8-9H2,1-2H3/b11-10+. The van der Waals surface area contributed by atoms with E-state index in [0.29, 0.717) is 0 Å². The van der Waals surface area contributed by atoms with Crippen molar-refractivity contribution in [1.82, 2.24) is 0 Å². The van der Waals surface area contributed by atoms with Gasteiger partial charge in [0.05, 0.1) is 6.26 Å². The molecule has 1 aliphatic rings. The van der Waals surface area contributed by atoms with Gasteiger partial charge in [0, 0.05) is 6.92 Å². The lowest BCUT2D eigenvalue weighted by molar-refractivity contribution is -0.135. The number of carbonyl (C=O) groups is 1. The van der Waals surface area contributed by atoms with Crippen molar-refractivity contribution in [1.29, 1.82) is 0 Å². The van der Waals surface area contributed by atoms with Gasteiger partial charge in [-0.25, -0.2) is 0 Å². The van der Waals surface area contributed by atoms with E-state index in [2.05, 4.69) is 18.2 Å². The summed E-state index contributed by atoms with van der Waals surface area (Å²) in [6, 6.07) is 6.52. The number of hydrogen-bond donors (Lipinski definition) is 0. The minimum absolute atomic E-state index is 0.261. The number of allylic oxidation sites excluding steroid dienone is 1. The van der Waals surface area contributed by atoms with Gasteiger partial charge in [-0.15, -0.1) is 0 Å². The molecule has 17 heavy (non-hydrogen) atoms. The Bertz CT molecular complexity index is 458. The molecular weight excluding hydrogens is 212 g/mol. The van der Waals surface area contributed by atoms with Crippen LogP contribution in [0.2, 0.25) is 0 Å². The molecule has 0 amide bonds. The number of fused-ring (bicyclic) bond motifs is 1. The zero-order chi connectivity index (χ0) is 12.3. The van der Waals surface area contributed by atoms with E-state index < -0.39 is 0 Å². The molecule has 0 N–H and O–H groups in total. The normalized spacial score (nSPS) is 14.6. The lowest BCUT2D eigenvalue weighted by atomic mass is 9.98. The Kier molecular flexibility index (Phi) is 3.62. The van der Waals surface area contributed by atoms with E-state index >= 15 is 0 Å². The van der Waals surface area contributed by atoms with E-state index in [9.17, 15) is 4.79 Å². The molecule has 0 spiro atoms. The van der Waals surface area contributed by atoms with Crippen molar-refractivity contribution in [3.8, 4) is 0 Å². The summed E-state index contributed by atoms with van der Waals surface area (Å²) >= 11 is 0. The number of aryl methyl sites for hydroxylation is 1. The number of benzene rings is 1. The third kappa shape index (κ3) is 2.96. The van der Waals surface area contributed by atoms with Crippen molar-refractivity contribution in [2.24, 2.45) is 0 Å². The summed E-state index contributed by atoms with van der Waals surface area (Å²) in [4.78, 5) is 10.7. The second-order valence-electron chi connectivity index (χ2n) is 4.66. The highest BCUT2D eigenvalue weighted by atomic mass is 16.5. The maximum absolute atomic E-state index is 10.7. The van der Waals surface area contributed by atoms with E-state index in [-0.39, 0.29) is 5.97 Å². The Hall–Kier alpha value is -1.57. The molecule has 2 heteroatoms. The van der Waals surface area contributed by atoms with E-state index in [1.165, 1.54) is 42.9 Å². The molecule has 1 aliphatic carbocycles. The first-order valence-electron chi connectivity index (χ1n) is 6.09. The minimum atomic E-state index is -0.261. The van der Waals surface area contributed by atoms with Gasteiger partial charge in [-0.2, -0.15) is 0 Å². The number of hydrogen-bond acceptors (Lipinski definition) is 2. The molecule has 2 rings (SSSR count). The van der Waals surface area contributed by atoms with Crippen LogP contribution in [-0.2, 0) is 28.8 Å². The first-order chi connectivity index (χ1) is 8.16. The summed E-state index contributed by atoms with van der Waals surface area (Å²) in [5.74, 6) is -0.261. The molecule has 0 heterocycles. The molecule has 0 atom stereocenters. The van der Waals surface area contributed by atoms with Gasteiger partial charge in [0.2, 0.25) is 0 Å². The van der Waals surface area contributed by atoms with Gasteiger partial charge in [-0.3, -0.25) is 4.79 Å². The van der Waals surface area contributed by atoms with Crippen molar-refractivity contribution in [2.45, 2.75) is 39.5 Å². The molecule has 90 valence electrons. The van der Waals surface area contributed by atoms with Gasteiger partial charge in [0.1, 0.15) is 0 Å². The fraction of sp³-hybridized carbons (Fsp3) is 0.400. The fourth-order valence-electron chi connectivity index (χ4n) is 2.39. The van der Waals surface area contributed by atoms with Crippen LogP contribution in [0.15, 0.2) is 30.0 Å². The van der Waals surface area contributed by atoms with E-state index in [0.717, 1.165) is 12.0 Å². The van der Waals surface area contributed by atoms with Crippen LogP contribution < -0.4 is 0 Å². The van der Waals surface area contributed by atoms with E-state index in [1.807, 2.05) is 6.92 Å². The monoisotopic (exact) mass is 230 g/mol. The quantitative estimate of drug-likeness (QED) is 0.589. The van der Waals surface area contributed by atoms with Gasteiger partial charge in [-0.05, 0) is 54.9 Å². The van der Waals surface area contributed by atoms with Gasteiger partial charge in [0.25, 0.3) is 0 Å². The molecule has 2 nitrogen and oxygen atoms in total. The van der Waals surface area contributed by atoms with Crippen molar-refractivity contribution < 1.29 is 9.53 Å². The first kappa shape index (κ1) is 11.9. The Morgan fingerprint density at radius 1 is 1.35 bits per heavy atom. The summed E-state index contributed by atoms with van der Waals surface area (Å²) in [6.07, 6.45) is 6.09. The van der Waals surface area contributed by atoms with Gasteiger partial charge in [0.15, 0.2) is 0 Å². The summed E-state index contributed by atoms with van der Waals surface area (Å²) in [7, 11) is 0. The van der Waals surface area contributed by atoms with Gasteiger partial charge in [-0.1, -0.05) is 18.2 Å². The molecule has 0 saturated carbocycles. The van der Waals surface area contributed by atoms with E-state index in [1.54, 1.807) is 6.26 Å². The van der Waals surface area contributed by atoms with Crippen LogP contribution in [0.5, 0.6) is 0 Å². The SMILES string of the molecule is CC(=O)O/C=C(\C)Cc1cccc2c1CCC2. The van der Waals surface area contributed by atoms with Crippen LogP contribution in [0, 0.1) is 0 Å². The third-order valence-corrected chi connectivity index (χ3v) is 3.14. The lowest BCUT2D eigenvalue weighted by Crippen LogP contribution is -1.97. The predicted octanol–water partition coefficient (Wildman–Crippen LogP) is 3.18. The van der Waals surface area contributed by atoms with Gasteiger partial charge < -0.3 is 4.74 Å². The Morgan fingerprint density at radius 2 is 2.18 bits per heavy atom. The second kappa shape index (κ2) is 5.17. The molecule has 1 aromatic carbocycles. The van der Waals surface area contributed by atoms with Crippen molar-refractivity contribution in [3.63, 3.8) is 0 Å². The molecule has 0 unspecified atom stereocenters. The van der Waals surface area contributed by atoms with E-state index in [4.69, 9.17) is 4.74 Å². The van der Waals surface area contributed by atoms with Crippen molar-refractivity contribution >= 4 is 5.97 Å². The smallest absolute Gasteiger partial charge is 0.307 e. The van der Waals surface area contributed by atoms with Crippen LogP contribution in [0.1, 0.15) is 37.0 Å². The van der Waals surface area contributed by atoms with Crippen molar-refractivity contribution in [3.05, 3.63) is 46.7 Å². The molecule has 0 fully saturated rings. The molecule has 0 aromatic heterocycles. The van der Waals surface area contributed by atoms with Crippen LogP contribution in [-0.4, -0.2) is 5.97 Å². The largest absolute Gasteiger partial charge is 0.435 e. The highest BCUT2D eigenvalue weighted by molar-refractivity contribution is 5.66. The molecule has 0 radical (unpaired) electrons. The highest BCUT2D eigenvalue weighted by Crippen LogP contribution is 2.26. The summed E-state index contributed by atoms with van der Waals surface area (Å²) in [5, 5.41) is 0. The minimum Gasteiger partial charge on any atom is -0.435 e. The summed E-state index contributed by atoms with van der Waals surface area (Å²) in [5.41, 5.74) is 5.45. The third-order valence-electron chi connectivity index (χ3n) is 3.14. The van der Waals surface area contributed by atoms with Crippen LogP contribution in [0.4, 0.5) is 0 Å². The van der Waals surface area contributed by atoms with Gasteiger partial charge >= 0.3 is 5.97 Å². The molecule has 1 aromatic rings. The first-order valence-corrected chi connectivity index (χ1v) is 6.09. The average molecular weight is 230 g/mol. The van der Waals surface area contributed by atoms with Crippen molar-refractivity contribution in [2.75, 3.05) is 0 Å². The Morgan fingerprint density at radius 3 is 2.94 bits per heavy atom. The number of rotatable bonds is 3. The highest BCUT2D eigenvalue weighted by Gasteiger charge is 2.14. The molecule has 0 aliphatic heterocycles. The second-order valence-corrected chi connectivity index (χ2v) is 4.66.